The molecule has 0 fully saturated rings. The number of rotatable bonds is 5. The van der Waals surface area contributed by atoms with Gasteiger partial charge in [-0.15, -0.1) is 10.2 Å². The van der Waals surface area contributed by atoms with Crippen LogP contribution in [0, 0.1) is 20.8 Å². The molecule has 0 unspecified atom stereocenters. The Morgan fingerprint density at radius 3 is 2.76 bits per heavy atom. The lowest BCUT2D eigenvalue weighted by atomic mass is 10.1. The quantitative estimate of drug-likeness (QED) is 0.857. The summed E-state index contributed by atoms with van der Waals surface area (Å²) in [6, 6.07) is 5.84. The van der Waals surface area contributed by atoms with Crippen molar-refractivity contribution in [2.24, 2.45) is 0 Å². The monoisotopic (exact) mass is 306 g/mol. The molecule has 2 aromatic rings. The van der Waals surface area contributed by atoms with Gasteiger partial charge in [0.15, 0.2) is 6.61 Å². The van der Waals surface area contributed by atoms with E-state index >= 15 is 0 Å². The summed E-state index contributed by atoms with van der Waals surface area (Å²) in [5.74, 6) is 1.08. The van der Waals surface area contributed by atoms with Gasteiger partial charge in [-0.1, -0.05) is 29.5 Å². The summed E-state index contributed by atoms with van der Waals surface area (Å²) in [5, 5.41) is 8.50. The molecule has 1 N–H and O–H groups in total. The van der Waals surface area contributed by atoms with Crippen molar-refractivity contribution in [3.63, 3.8) is 0 Å². The number of nitrogens with zero attached hydrogens (tertiary/aromatic N) is 3. The highest BCUT2D eigenvalue weighted by atomic mass is 32.2. The highest BCUT2D eigenvalue weighted by Gasteiger charge is 2.11. The van der Waals surface area contributed by atoms with Gasteiger partial charge in [-0.2, -0.15) is 0 Å². The maximum absolute atomic E-state index is 12.0. The van der Waals surface area contributed by atoms with Gasteiger partial charge in [0.2, 0.25) is 5.16 Å². The van der Waals surface area contributed by atoms with E-state index in [1.807, 2.05) is 38.3 Å². The molecule has 6 nitrogen and oxygen atoms in total. The number of benzene rings is 1. The van der Waals surface area contributed by atoms with Gasteiger partial charge in [-0.05, 0) is 38.7 Å². The largest absolute Gasteiger partial charge is 0.483 e. The lowest BCUT2D eigenvalue weighted by Crippen LogP contribution is -2.29. The number of carbonyl (C=O) groups is 1. The summed E-state index contributed by atoms with van der Waals surface area (Å²) < 4.78 is 7.10. The van der Waals surface area contributed by atoms with Crippen LogP contribution in [0.3, 0.4) is 0 Å². The average Bonchev–Trinajstić information content (AvgIpc) is 2.78. The minimum absolute atomic E-state index is 0.0602. The second-order valence-electron chi connectivity index (χ2n) is 4.66. The number of aromatic nitrogens is 3. The van der Waals surface area contributed by atoms with Gasteiger partial charge in [0.1, 0.15) is 11.6 Å². The van der Waals surface area contributed by atoms with E-state index in [9.17, 15) is 4.79 Å². The number of hydrogen-bond acceptors (Lipinski definition) is 5. The number of thioether (sulfide) groups is 1. The summed E-state index contributed by atoms with van der Waals surface area (Å²) in [5.41, 5.74) is 4.89. The fourth-order valence-corrected chi connectivity index (χ4v) is 2.35. The molecule has 0 saturated heterocycles. The third kappa shape index (κ3) is 3.75. The van der Waals surface area contributed by atoms with Crippen LogP contribution in [-0.4, -0.2) is 33.6 Å². The molecule has 1 amide bonds. The van der Waals surface area contributed by atoms with E-state index in [-0.39, 0.29) is 12.5 Å². The molecule has 2 rings (SSSR count). The van der Waals surface area contributed by atoms with Crippen molar-refractivity contribution in [3.8, 4) is 5.75 Å². The zero-order chi connectivity index (χ0) is 15.4. The number of ether oxygens (including phenoxy) is 1. The maximum Gasteiger partial charge on any atom is 0.276 e. The first-order valence-corrected chi connectivity index (χ1v) is 7.69. The van der Waals surface area contributed by atoms with E-state index in [0.717, 1.165) is 11.1 Å². The van der Waals surface area contributed by atoms with Crippen molar-refractivity contribution in [1.29, 1.82) is 0 Å². The molecule has 0 spiro atoms. The summed E-state index contributed by atoms with van der Waals surface area (Å²) in [6.07, 6.45) is 1.87. The number of nitrogens with one attached hydrogen (secondary N) is 1. The van der Waals surface area contributed by atoms with E-state index in [4.69, 9.17) is 4.74 Å². The van der Waals surface area contributed by atoms with Crippen molar-refractivity contribution in [2.45, 2.75) is 25.9 Å². The van der Waals surface area contributed by atoms with Crippen LogP contribution in [0.15, 0.2) is 23.4 Å². The number of carbonyl (C=O) groups excluding carboxylic acids is 1. The Kier molecular flexibility index (Phi) is 4.85. The lowest BCUT2D eigenvalue weighted by molar-refractivity contribution is -0.119. The SMILES string of the molecule is CSc1nnc(C)n1NC(=O)COc1ccc(C)cc1C. The predicted molar refractivity (Wildman–Crippen MR) is 82.3 cm³/mol. The minimum Gasteiger partial charge on any atom is -0.483 e. The first-order chi connectivity index (χ1) is 10.0. The van der Waals surface area contributed by atoms with Crippen LogP contribution in [0.4, 0.5) is 0 Å². The molecule has 1 aromatic heterocycles. The molecule has 7 heteroatoms. The van der Waals surface area contributed by atoms with E-state index < -0.39 is 0 Å². The average molecular weight is 306 g/mol. The first-order valence-electron chi connectivity index (χ1n) is 6.47. The molecule has 1 aromatic carbocycles. The van der Waals surface area contributed by atoms with E-state index in [0.29, 0.717) is 16.7 Å². The third-order valence-corrected chi connectivity index (χ3v) is 3.53. The Labute approximate surface area is 127 Å². The third-order valence-electron chi connectivity index (χ3n) is 2.90. The molecule has 21 heavy (non-hydrogen) atoms. The number of amides is 1. The van der Waals surface area contributed by atoms with E-state index in [1.54, 1.807) is 11.6 Å². The molecular weight excluding hydrogens is 288 g/mol. The molecule has 0 saturated carbocycles. The standard InChI is InChI=1S/C14H18N4O2S/c1-9-5-6-12(10(2)7-9)20-8-13(19)17-18-11(3)15-16-14(18)21-4/h5-7H,8H2,1-4H3,(H,17,19). The molecule has 0 aliphatic carbocycles. The Hall–Kier alpha value is -2.02. The van der Waals surface area contributed by atoms with Crippen LogP contribution in [0.1, 0.15) is 17.0 Å². The highest BCUT2D eigenvalue weighted by Crippen LogP contribution is 2.18. The van der Waals surface area contributed by atoms with Gasteiger partial charge in [0.05, 0.1) is 0 Å². The zero-order valence-electron chi connectivity index (χ0n) is 12.5. The van der Waals surface area contributed by atoms with Gasteiger partial charge >= 0.3 is 0 Å². The number of aryl methyl sites for hydroxylation is 3. The summed E-state index contributed by atoms with van der Waals surface area (Å²) in [6.45, 7) is 5.69. The van der Waals surface area contributed by atoms with E-state index in [1.165, 1.54) is 11.8 Å². The topological polar surface area (TPSA) is 69.0 Å². The fourth-order valence-electron chi connectivity index (χ4n) is 1.87. The molecule has 1 heterocycles. The van der Waals surface area contributed by atoms with Crippen LogP contribution < -0.4 is 10.2 Å². The van der Waals surface area contributed by atoms with Crippen LogP contribution >= 0.6 is 11.8 Å². The van der Waals surface area contributed by atoms with Gasteiger partial charge in [-0.3, -0.25) is 10.2 Å². The van der Waals surface area contributed by atoms with E-state index in [2.05, 4.69) is 15.6 Å². The van der Waals surface area contributed by atoms with Crippen LogP contribution in [-0.2, 0) is 4.79 Å². The van der Waals surface area contributed by atoms with Crippen molar-refractivity contribution in [1.82, 2.24) is 14.9 Å². The minimum atomic E-state index is -0.256. The molecule has 0 bridgehead atoms. The van der Waals surface area contributed by atoms with Gasteiger partial charge < -0.3 is 4.74 Å². The maximum atomic E-state index is 12.0. The van der Waals surface area contributed by atoms with Crippen molar-refractivity contribution in [2.75, 3.05) is 18.3 Å². The van der Waals surface area contributed by atoms with Gasteiger partial charge in [-0.25, -0.2) is 4.68 Å². The second kappa shape index (κ2) is 6.62. The molecule has 112 valence electrons. The Balaban J connectivity index is 1.97. The normalized spacial score (nSPS) is 10.5. The predicted octanol–water partition coefficient (Wildman–Crippen LogP) is 2.07. The van der Waals surface area contributed by atoms with Gasteiger partial charge in [0, 0.05) is 0 Å². The van der Waals surface area contributed by atoms with Crippen molar-refractivity contribution in [3.05, 3.63) is 35.2 Å². The summed E-state index contributed by atoms with van der Waals surface area (Å²) in [4.78, 5) is 12.0. The molecule has 0 radical (unpaired) electrons. The second-order valence-corrected chi connectivity index (χ2v) is 5.44. The van der Waals surface area contributed by atoms with Crippen LogP contribution in [0.5, 0.6) is 5.75 Å². The van der Waals surface area contributed by atoms with Gasteiger partial charge in [0.25, 0.3) is 5.91 Å². The smallest absolute Gasteiger partial charge is 0.276 e. The Morgan fingerprint density at radius 2 is 2.10 bits per heavy atom. The molecule has 0 atom stereocenters. The molecule has 0 aliphatic rings. The zero-order valence-corrected chi connectivity index (χ0v) is 13.3. The number of hydrogen-bond donors (Lipinski definition) is 1. The van der Waals surface area contributed by atoms with Crippen molar-refractivity contribution < 1.29 is 9.53 Å². The summed E-state index contributed by atoms with van der Waals surface area (Å²) >= 11 is 1.41. The van der Waals surface area contributed by atoms with Crippen molar-refractivity contribution >= 4 is 17.7 Å². The Bertz CT molecular complexity index is 654. The lowest BCUT2D eigenvalue weighted by Gasteiger charge is -2.11. The highest BCUT2D eigenvalue weighted by molar-refractivity contribution is 7.98. The first kappa shape index (κ1) is 15.4. The van der Waals surface area contributed by atoms with Crippen LogP contribution in [0.25, 0.3) is 0 Å². The Morgan fingerprint density at radius 1 is 1.33 bits per heavy atom. The summed E-state index contributed by atoms with van der Waals surface area (Å²) in [7, 11) is 0. The molecular formula is C14H18N4O2S. The fraction of sp³-hybridized carbons (Fsp3) is 0.357. The van der Waals surface area contributed by atoms with Crippen LogP contribution in [0.2, 0.25) is 0 Å². The molecule has 0 aliphatic heterocycles.